The minimum Gasteiger partial charge on any atom is -0.486 e. The van der Waals surface area contributed by atoms with E-state index in [1.54, 1.807) is 0 Å². The highest BCUT2D eigenvalue weighted by Crippen LogP contribution is 2.43. The summed E-state index contributed by atoms with van der Waals surface area (Å²) in [5, 5.41) is 0.782. The van der Waals surface area contributed by atoms with Crippen molar-refractivity contribution in [1.29, 1.82) is 0 Å². The van der Waals surface area contributed by atoms with E-state index in [-0.39, 0.29) is 0 Å². The minimum atomic E-state index is 0.363. The number of fused-ring (bicyclic) bond motifs is 1. The fraction of sp³-hybridized carbons (Fsp3) is 0.600. The Morgan fingerprint density at radius 2 is 2.00 bits per heavy atom. The van der Waals surface area contributed by atoms with Crippen molar-refractivity contribution in [1.82, 2.24) is 0 Å². The van der Waals surface area contributed by atoms with E-state index in [1.165, 1.54) is 11.1 Å². The van der Waals surface area contributed by atoms with Gasteiger partial charge in [-0.25, -0.2) is 0 Å². The van der Waals surface area contributed by atoms with Crippen LogP contribution in [0.1, 0.15) is 43.7 Å². The molecule has 4 heteroatoms. The molecule has 0 amide bonds. The summed E-state index contributed by atoms with van der Waals surface area (Å²) >= 11 is 6.42. The largest absolute Gasteiger partial charge is 0.486 e. The van der Waals surface area contributed by atoms with Gasteiger partial charge in [-0.3, -0.25) is 0 Å². The quantitative estimate of drug-likeness (QED) is 0.841. The molecule has 1 aromatic rings. The molecule has 2 rings (SSSR count). The predicted octanol–water partition coefficient (Wildman–Crippen LogP) is 3.52. The fourth-order valence-corrected chi connectivity index (χ4v) is 2.82. The second-order valence-corrected chi connectivity index (χ2v) is 5.58. The van der Waals surface area contributed by atoms with E-state index in [0.717, 1.165) is 42.3 Å². The van der Waals surface area contributed by atoms with Crippen molar-refractivity contribution in [3.05, 3.63) is 22.2 Å². The molecule has 0 saturated heterocycles. The number of rotatable bonds is 5. The van der Waals surface area contributed by atoms with Crippen molar-refractivity contribution in [3.63, 3.8) is 0 Å². The van der Waals surface area contributed by atoms with Crippen LogP contribution in [0.5, 0.6) is 11.5 Å². The van der Waals surface area contributed by atoms with Crippen LogP contribution in [0.4, 0.5) is 0 Å². The van der Waals surface area contributed by atoms with E-state index in [1.807, 2.05) is 6.07 Å². The number of ether oxygens (including phenoxy) is 2. The van der Waals surface area contributed by atoms with Crippen LogP contribution in [0.3, 0.4) is 0 Å². The molecule has 0 atom stereocenters. The van der Waals surface area contributed by atoms with Gasteiger partial charge in [0.05, 0.1) is 0 Å². The summed E-state index contributed by atoms with van der Waals surface area (Å²) < 4.78 is 11.5. The first kappa shape index (κ1) is 14.5. The van der Waals surface area contributed by atoms with Crippen LogP contribution in [-0.2, 0) is 6.42 Å². The normalized spacial score (nSPS) is 13.9. The van der Waals surface area contributed by atoms with Gasteiger partial charge in [0.1, 0.15) is 13.2 Å². The lowest BCUT2D eigenvalue weighted by atomic mass is 9.92. The van der Waals surface area contributed by atoms with Gasteiger partial charge in [-0.1, -0.05) is 25.4 Å². The van der Waals surface area contributed by atoms with Crippen LogP contribution >= 0.6 is 11.6 Å². The molecule has 3 nitrogen and oxygen atoms in total. The van der Waals surface area contributed by atoms with Gasteiger partial charge in [0.2, 0.25) is 0 Å². The molecule has 1 aliphatic heterocycles. The number of halogens is 1. The van der Waals surface area contributed by atoms with E-state index in [4.69, 9.17) is 26.8 Å². The highest BCUT2D eigenvalue weighted by molar-refractivity contribution is 6.31. The lowest BCUT2D eigenvalue weighted by Gasteiger charge is -2.26. The Morgan fingerprint density at radius 1 is 1.26 bits per heavy atom. The van der Waals surface area contributed by atoms with Gasteiger partial charge in [0, 0.05) is 16.7 Å². The first-order chi connectivity index (χ1) is 9.15. The Bertz CT molecular complexity index is 446. The van der Waals surface area contributed by atoms with Crippen molar-refractivity contribution in [2.75, 3.05) is 19.8 Å². The summed E-state index contributed by atoms with van der Waals surface area (Å²) in [4.78, 5) is 0. The summed E-state index contributed by atoms with van der Waals surface area (Å²) in [6.45, 7) is 6.25. The van der Waals surface area contributed by atoms with Gasteiger partial charge in [0.15, 0.2) is 11.5 Å². The molecular weight excluding hydrogens is 262 g/mol. The van der Waals surface area contributed by atoms with Gasteiger partial charge >= 0.3 is 0 Å². The first-order valence-electron chi connectivity index (χ1n) is 6.96. The van der Waals surface area contributed by atoms with Crippen LogP contribution in [0.15, 0.2) is 6.07 Å². The van der Waals surface area contributed by atoms with E-state index in [0.29, 0.717) is 19.1 Å². The van der Waals surface area contributed by atoms with Gasteiger partial charge < -0.3 is 15.2 Å². The van der Waals surface area contributed by atoms with Crippen LogP contribution in [0, 0.1) is 0 Å². The molecule has 0 unspecified atom stereocenters. The maximum absolute atomic E-state index is 6.42. The lowest BCUT2D eigenvalue weighted by molar-refractivity contribution is 0.169. The third-order valence-electron chi connectivity index (χ3n) is 3.39. The molecule has 0 bridgehead atoms. The van der Waals surface area contributed by atoms with E-state index in [2.05, 4.69) is 13.8 Å². The SMILES string of the molecule is CC(C)c1c(CCCCN)c(Cl)cc2c1OCCO2. The van der Waals surface area contributed by atoms with Crippen molar-refractivity contribution < 1.29 is 9.47 Å². The summed E-state index contributed by atoms with van der Waals surface area (Å²) in [5.74, 6) is 2.03. The maximum atomic E-state index is 6.42. The number of benzene rings is 1. The molecule has 1 aromatic carbocycles. The van der Waals surface area contributed by atoms with Gasteiger partial charge in [0.25, 0.3) is 0 Å². The first-order valence-corrected chi connectivity index (χ1v) is 7.34. The summed E-state index contributed by atoms with van der Waals surface area (Å²) in [6.07, 6.45) is 3.01. The predicted molar refractivity (Wildman–Crippen MR) is 78.5 cm³/mol. The molecule has 0 aromatic heterocycles. The zero-order chi connectivity index (χ0) is 13.8. The topological polar surface area (TPSA) is 44.5 Å². The standard InChI is InChI=1S/C15H22ClNO2/c1-10(2)14-11(5-3-4-6-17)12(16)9-13-15(14)19-8-7-18-13/h9-10H,3-8,17H2,1-2H3. The molecule has 106 valence electrons. The lowest BCUT2D eigenvalue weighted by Crippen LogP contribution is -2.18. The monoisotopic (exact) mass is 283 g/mol. The van der Waals surface area contributed by atoms with Gasteiger partial charge in [-0.05, 0) is 37.3 Å². The molecule has 1 aliphatic rings. The molecule has 0 saturated carbocycles. The molecule has 0 aliphatic carbocycles. The number of hydrogen-bond acceptors (Lipinski definition) is 3. The summed E-state index contributed by atoms with van der Waals surface area (Å²) in [7, 11) is 0. The zero-order valence-electron chi connectivity index (χ0n) is 11.7. The highest BCUT2D eigenvalue weighted by Gasteiger charge is 2.23. The molecule has 19 heavy (non-hydrogen) atoms. The van der Waals surface area contributed by atoms with E-state index in [9.17, 15) is 0 Å². The molecule has 0 fully saturated rings. The van der Waals surface area contributed by atoms with Crippen molar-refractivity contribution >= 4 is 11.6 Å². The van der Waals surface area contributed by atoms with Crippen molar-refractivity contribution in [3.8, 4) is 11.5 Å². The molecular formula is C15H22ClNO2. The average molecular weight is 284 g/mol. The second kappa shape index (κ2) is 6.49. The van der Waals surface area contributed by atoms with Crippen LogP contribution in [0.2, 0.25) is 5.02 Å². The third-order valence-corrected chi connectivity index (χ3v) is 3.72. The minimum absolute atomic E-state index is 0.363. The average Bonchev–Trinajstić information content (AvgIpc) is 2.38. The number of unbranched alkanes of at least 4 members (excludes halogenated alkanes) is 1. The van der Waals surface area contributed by atoms with Crippen LogP contribution in [-0.4, -0.2) is 19.8 Å². The zero-order valence-corrected chi connectivity index (χ0v) is 12.4. The fourth-order valence-electron chi connectivity index (χ4n) is 2.53. The van der Waals surface area contributed by atoms with E-state index < -0.39 is 0 Å². The van der Waals surface area contributed by atoms with Crippen LogP contribution < -0.4 is 15.2 Å². The summed E-state index contributed by atoms with van der Waals surface area (Å²) in [6, 6.07) is 1.89. The summed E-state index contributed by atoms with van der Waals surface area (Å²) in [5.41, 5.74) is 7.94. The number of hydrogen-bond donors (Lipinski definition) is 1. The Labute approximate surface area is 120 Å². The Balaban J connectivity index is 2.39. The van der Waals surface area contributed by atoms with Crippen molar-refractivity contribution in [2.45, 2.75) is 39.0 Å². The Hall–Kier alpha value is -0.930. The Kier molecular flexibility index (Phi) is 4.94. The van der Waals surface area contributed by atoms with E-state index >= 15 is 0 Å². The number of nitrogens with two attached hydrogens (primary N) is 1. The molecule has 0 spiro atoms. The third kappa shape index (κ3) is 3.15. The highest BCUT2D eigenvalue weighted by atomic mass is 35.5. The molecule has 1 heterocycles. The van der Waals surface area contributed by atoms with Gasteiger partial charge in [-0.15, -0.1) is 0 Å². The smallest absolute Gasteiger partial charge is 0.165 e. The maximum Gasteiger partial charge on any atom is 0.165 e. The van der Waals surface area contributed by atoms with Gasteiger partial charge in [-0.2, -0.15) is 0 Å². The second-order valence-electron chi connectivity index (χ2n) is 5.18. The molecule has 2 N–H and O–H groups in total. The molecule has 0 radical (unpaired) electrons. The Morgan fingerprint density at radius 3 is 2.68 bits per heavy atom. The van der Waals surface area contributed by atoms with Crippen molar-refractivity contribution in [2.24, 2.45) is 5.73 Å². The van der Waals surface area contributed by atoms with Crippen LogP contribution in [0.25, 0.3) is 0 Å².